The van der Waals surface area contributed by atoms with E-state index in [0.29, 0.717) is 5.69 Å². The van der Waals surface area contributed by atoms with Crippen molar-refractivity contribution in [2.24, 2.45) is 5.14 Å². The highest BCUT2D eigenvalue weighted by atomic mass is 32.2. The lowest BCUT2D eigenvalue weighted by molar-refractivity contribution is 0.590. The maximum absolute atomic E-state index is 12.7. The van der Waals surface area contributed by atoms with Gasteiger partial charge in [0.15, 0.2) is 0 Å². The van der Waals surface area contributed by atoms with Gasteiger partial charge in [0.1, 0.15) is 0 Å². The van der Waals surface area contributed by atoms with Crippen molar-refractivity contribution < 1.29 is 16.8 Å². The van der Waals surface area contributed by atoms with Crippen molar-refractivity contribution in [1.82, 2.24) is 0 Å². The first kappa shape index (κ1) is 16.5. The number of para-hydroxylation sites is 1. The lowest BCUT2D eigenvalue weighted by atomic mass is 10.3. The summed E-state index contributed by atoms with van der Waals surface area (Å²) in [7, 11) is -7.62. The van der Waals surface area contributed by atoms with Gasteiger partial charge in [-0.25, -0.2) is 22.0 Å². The van der Waals surface area contributed by atoms with Crippen molar-refractivity contribution in [3.8, 4) is 0 Å². The molecule has 0 amide bonds. The van der Waals surface area contributed by atoms with E-state index in [9.17, 15) is 16.8 Å². The van der Waals surface area contributed by atoms with E-state index in [1.54, 1.807) is 37.3 Å². The third kappa shape index (κ3) is 3.29. The summed E-state index contributed by atoms with van der Waals surface area (Å²) in [6, 6.07) is 13.5. The van der Waals surface area contributed by atoms with Crippen LogP contribution >= 0.6 is 0 Å². The van der Waals surface area contributed by atoms with Gasteiger partial charge >= 0.3 is 0 Å². The van der Waals surface area contributed by atoms with Crippen LogP contribution in [0.3, 0.4) is 0 Å². The SMILES string of the molecule is CCN(c1ccccc1)S(=O)(=O)c1ccc(S(N)(=O)=O)cc1. The number of sulfonamides is 2. The molecule has 0 aliphatic carbocycles. The van der Waals surface area contributed by atoms with Crippen LogP contribution in [0.25, 0.3) is 0 Å². The Hall–Kier alpha value is -1.90. The minimum Gasteiger partial charge on any atom is -0.267 e. The molecule has 2 aromatic carbocycles. The van der Waals surface area contributed by atoms with Crippen LogP contribution in [0.5, 0.6) is 0 Å². The summed E-state index contributed by atoms with van der Waals surface area (Å²) in [5.74, 6) is 0. The Morgan fingerprint density at radius 3 is 1.82 bits per heavy atom. The van der Waals surface area contributed by atoms with Crippen LogP contribution < -0.4 is 9.44 Å². The Kier molecular flexibility index (Phi) is 4.55. The molecule has 0 saturated carbocycles. The molecule has 22 heavy (non-hydrogen) atoms. The van der Waals surface area contributed by atoms with Gasteiger partial charge < -0.3 is 0 Å². The molecule has 0 heterocycles. The summed E-state index contributed by atoms with van der Waals surface area (Å²) >= 11 is 0. The zero-order valence-corrected chi connectivity index (χ0v) is 13.5. The van der Waals surface area contributed by atoms with Crippen molar-refractivity contribution in [1.29, 1.82) is 0 Å². The number of primary sulfonamides is 1. The van der Waals surface area contributed by atoms with Crippen LogP contribution in [0.2, 0.25) is 0 Å². The number of rotatable bonds is 5. The van der Waals surface area contributed by atoms with Gasteiger partial charge in [-0.2, -0.15) is 0 Å². The number of anilines is 1. The molecule has 0 unspecified atom stereocenters. The molecule has 0 spiro atoms. The number of hydrogen-bond donors (Lipinski definition) is 1. The molecule has 2 rings (SSSR count). The maximum Gasteiger partial charge on any atom is 0.264 e. The summed E-state index contributed by atoms with van der Waals surface area (Å²) in [5.41, 5.74) is 0.542. The van der Waals surface area contributed by atoms with Gasteiger partial charge in [-0.05, 0) is 43.3 Å². The van der Waals surface area contributed by atoms with Gasteiger partial charge in [-0.15, -0.1) is 0 Å². The first-order valence-corrected chi connectivity index (χ1v) is 9.46. The molecule has 0 aromatic heterocycles. The predicted octanol–water partition coefficient (Wildman–Crippen LogP) is 1.55. The fourth-order valence-corrected chi connectivity index (χ4v) is 4.00. The standard InChI is InChI=1S/C14H16N2O4S2/c1-2-16(12-6-4-3-5-7-12)22(19,20)14-10-8-13(9-11-14)21(15,17)18/h3-11H,2H2,1H3,(H2,15,17,18). The van der Waals surface area contributed by atoms with Gasteiger partial charge in [-0.3, -0.25) is 4.31 Å². The first-order chi connectivity index (χ1) is 10.3. The van der Waals surface area contributed by atoms with Gasteiger partial charge in [-0.1, -0.05) is 18.2 Å². The van der Waals surface area contributed by atoms with E-state index in [-0.39, 0.29) is 16.3 Å². The Labute approximate surface area is 130 Å². The monoisotopic (exact) mass is 340 g/mol. The van der Waals surface area contributed by atoms with E-state index < -0.39 is 20.0 Å². The molecule has 2 aromatic rings. The van der Waals surface area contributed by atoms with Crippen LogP contribution in [0.1, 0.15) is 6.92 Å². The lowest BCUT2D eigenvalue weighted by Gasteiger charge is -2.22. The average Bonchev–Trinajstić information content (AvgIpc) is 2.48. The molecule has 2 N–H and O–H groups in total. The smallest absolute Gasteiger partial charge is 0.264 e. The zero-order valence-electron chi connectivity index (χ0n) is 11.9. The summed E-state index contributed by atoms with van der Waals surface area (Å²) in [6.07, 6.45) is 0. The van der Waals surface area contributed by atoms with E-state index in [1.807, 2.05) is 0 Å². The molecule has 0 atom stereocenters. The van der Waals surface area contributed by atoms with Gasteiger partial charge in [0.05, 0.1) is 15.5 Å². The molecule has 0 aliphatic rings. The Bertz CT molecular complexity index is 845. The highest BCUT2D eigenvalue weighted by Gasteiger charge is 2.23. The average molecular weight is 340 g/mol. The molecule has 0 saturated heterocycles. The quantitative estimate of drug-likeness (QED) is 0.893. The first-order valence-electron chi connectivity index (χ1n) is 6.47. The molecule has 118 valence electrons. The van der Waals surface area contributed by atoms with Crippen LogP contribution in [0.4, 0.5) is 5.69 Å². The number of hydrogen-bond acceptors (Lipinski definition) is 4. The minimum absolute atomic E-state index is 0.00519. The second kappa shape index (κ2) is 6.07. The van der Waals surface area contributed by atoms with Crippen LogP contribution in [0, 0.1) is 0 Å². The number of benzene rings is 2. The maximum atomic E-state index is 12.7. The van der Waals surface area contributed by atoms with E-state index in [4.69, 9.17) is 5.14 Å². The van der Waals surface area contributed by atoms with E-state index in [2.05, 4.69) is 0 Å². The fourth-order valence-electron chi connectivity index (χ4n) is 2.01. The second-order valence-corrected chi connectivity index (χ2v) is 7.95. The van der Waals surface area contributed by atoms with Crippen LogP contribution in [-0.2, 0) is 20.0 Å². The molecule has 0 bridgehead atoms. The molecular formula is C14H16N2O4S2. The third-order valence-electron chi connectivity index (χ3n) is 3.07. The summed E-state index contributed by atoms with van der Waals surface area (Å²) in [5, 5.41) is 5.01. The third-order valence-corrected chi connectivity index (χ3v) is 5.92. The lowest BCUT2D eigenvalue weighted by Crippen LogP contribution is -2.30. The van der Waals surface area contributed by atoms with Crippen molar-refractivity contribution in [2.45, 2.75) is 16.7 Å². The van der Waals surface area contributed by atoms with Gasteiger partial charge in [0.25, 0.3) is 10.0 Å². The molecule has 8 heteroatoms. The van der Waals surface area contributed by atoms with Gasteiger partial charge in [0, 0.05) is 6.54 Å². The molecule has 0 radical (unpaired) electrons. The Balaban J connectivity index is 2.45. The zero-order chi connectivity index (χ0) is 16.4. The van der Waals surface area contributed by atoms with Crippen molar-refractivity contribution in [3.63, 3.8) is 0 Å². The number of nitrogens with zero attached hydrogens (tertiary/aromatic N) is 1. The minimum atomic E-state index is -3.85. The summed E-state index contributed by atoms with van der Waals surface area (Å²) in [4.78, 5) is -0.125. The normalized spacial score (nSPS) is 12.1. The molecule has 6 nitrogen and oxygen atoms in total. The molecule has 0 aliphatic heterocycles. The highest BCUT2D eigenvalue weighted by molar-refractivity contribution is 7.92. The fraction of sp³-hybridized carbons (Fsp3) is 0.143. The predicted molar refractivity (Wildman–Crippen MR) is 84.5 cm³/mol. The summed E-state index contributed by atoms with van der Waals surface area (Å²) < 4.78 is 49.0. The largest absolute Gasteiger partial charge is 0.267 e. The Morgan fingerprint density at radius 1 is 0.864 bits per heavy atom. The van der Waals surface area contributed by atoms with Crippen molar-refractivity contribution >= 4 is 25.7 Å². The number of nitrogens with two attached hydrogens (primary N) is 1. The van der Waals surface area contributed by atoms with Crippen LogP contribution in [0.15, 0.2) is 64.4 Å². The van der Waals surface area contributed by atoms with Crippen molar-refractivity contribution in [3.05, 3.63) is 54.6 Å². The summed E-state index contributed by atoms with van der Waals surface area (Å²) in [6.45, 7) is 1.98. The molecule has 0 fully saturated rings. The second-order valence-electron chi connectivity index (χ2n) is 4.52. The topological polar surface area (TPSA) is 97.5 Å². The van der Waals surface area contributed by atoms with E-state index in [0.717, 1.165) is 0 Å². The highest BCUT2D eigenvalue weighted by Crippen LogP contribution is 2.23. The van der Waals surface area contributed by atoms with E-state index in [1.165, 1.54) is 28.6 Å². The Morgan fingerprint density at radius 2 is 1.36 bits per heavy atom. The van der Waals surface area contributed by atoms with Gasteiger partial charge in [0.2, 0.25) is 10.0 Å². The molecular weight excluding hydrogens is 324 g/mol. The van der Waals surface area contributed by atoms with E-state index >= 15 is 0 Å². The van der Waals surface area contributed by atoms with Crippen LogP contribution in [-0.4, -0.2) is 23.4 Å². The van der Waals surface area contributed by atoms with Crippen molar-refractivity contribution in [2.75, 3.05) is 10.8 Å².